The van der Waals surface area contributed by atoms with Crippen molar-refractivity contribution in [2.45, 2.75) is 45.3 Å². The number of imidazole rings is 1. The Labute approximate surface area is 135 Å². The number of hydrogen-bond donors (Lipinski definition) is 0. The Morgan fingerprint density at radius 1 is 1.48 bits per heavy atom. The topological polar surface area (TPSA) is 67.9 Å². The number of benzene rings is 1. The van der Waals surface area contributed by atoms with Crippen LogP contribution in [0, 0.1) is 11.3 Å². The Balaban J connectivity index is 1.98. The highest BCUT2D eigenvalue weighted by Gasteiger charge is 2.26. The molecule has 0 saturated heterocycles. The Morgan fingerprint density at radius 2 is 2.30 bits per heavy atom. The summed E-state index contributed by atoms with van der Waals surface area (Å²) in [5.74, 6) is -0.349. The molecule has 5 heteroatoms. The number of nitrogens with zero attached hydrogens (tertiary/aromatic N) is 3. The fourth-order valence-corrected chi connectivity index (χ4v) is 3.13. The first-order valence-corrected chi connectivity index (χ1v) is 7.86. The van der Waals surface area contributed by atoms with Crippen molar-refractivity contribution >= 4 is 5.97 Å². The molecule has 0 radical (unpaired) electrons. The second-order valence-corrected chi connectivity index (χ2v) is 6.07. The SMILES string of the molecule is CC(C)OC(=O)c1cncn1C1CCCc2cc(C#N)ccc21. The first-order chi connectivity index (χ1) is 11.1. The van der Waals surface area contributed by atoms with Gasteiger partial charge in [0.15, 0.2) is 0 Å². The van der Waals surface area contributed by atoms with Crippen molar-refractivity contribution in [3.05, 3.63) is 53.1 Å². The molecule has 0 amide bonds. The molecule has 1 aliphatic carbocycles. The summed E-state index contributed by atoms with van der Waals surface area (Å²) in [6.45, 7) is 3.66. The van der Waals surface area contributed by atoms with Crippen molar-refractivity contribution in [3.63, 3.8) is 0 Å². The number of nitriles is 1. The molecule has 0 N–H and O–H groups in total. The predicted molar refractivity (Wildman–Crippen MR) is 85.0 cm³/mol. The van der Waals surface area contributed by atoms with Crippen LogP contribution in [0.4, 0.5) is 0 Å². The third-order valence-corrected chi connectivity index (χ3v) is 4.11. The third-order valence-electron chi connectivity index (χ3n) is 4.11. The number of rotatable bonds is 3. The Bertz CT molecular complexity index is 771. The minimum absolute atomic E-state index is 0.0590. The van der Waals surface area contributed by atoms with Crippen LogP contribution in [0.15, 0.2) is 30.7 Å². The molecule has 1 aromatic heterocycles. The maximum atomic E-state index is 12.3. The van der Waals surface area contributed by atoms with Gasteiger partial charge in [-0.1, -0.05) is 6.07 Å². The van der Waals surface area contributed by atoms with Gasteiger partial charge in [0.05, 0.1) is 36.3 Å². The average molecular weight is 309 g/mol. The zero-order chi connectivity index (χ0) is 16.4. The van der Waals surface area contributed by atoms with Gasteiger partial charge in [0.25, 0.3) is 0 Å². The van der Waals surface area contributed by atoms with Gasteiger partial charge in [-0.3, -0.25) is 0 Å². The number of carbonyl (C=O) groups is 1. The van der Waals surface area contributed by atoms with Crippen LogP contribution >= 0.6 is 0 Å². The van der Waals surface area contributed by atoms with Crippen LogP contribution in [0.1, 0.15) is 59.9 Å². The molecule has 0 aliphatic heterocycles. The molecule has 0 spiro atoms. The number of esters is 1. The number of hydrogen-bond acceptors (Lipinski definition) is 4. The molecule has 0 bridgehead atoms. The quantitative estimate of drug-likeness (QED) is 0.816. The van der Waals surface area contributed by atoms with Crippen LogP contribution in [0.2, 0.25) is 0 Å². The average Bonchev–Trinajstić information content (AvgIpc) is 3.02. The van der Waals surface area contributed by atoms with Crippen LogP contribution in [0.5, 0.6) is 0 Å². The minimum atomic E-state index is -0.349. The maximum absolute atomic E-state index is 12.3. The summed E-state index contributed by atoms with van der Waals surface area (Å²) in [5.41, 5.74) is 3.49. The molecule has 5 nitrogen and oxygen atoms in total. The Morgan fingerprint density at radius 3 is 3.04 bits per heavy atom. The zero-order valence-electron chi connectivity index (χ0n) is 13.3. The van der Waals surface area contributed by atoms with Gasteiger partial charge in [0.1, 0.15) is 5.69 Å². The molecule has 1 aliphatic rings. The second kappa shape index (κ2) is 6.25. The molecule has 118 valence electrons. The van der Waals surface area contributed by atoms with Crippen LogP contribution in [0.3, 0.4) is 0 Å². The highest BCUT2D eigenvalue weighted by molar-refractivity contribution is 5.87. The number of aromatic nitrogens is 2. The first-order valence-electron chi connectivity index (χ1n) is 7.86. The largest absolute Gasteiger partial charge is 0.458 e. The normalized spacial score (nSPS) is 16.7. The van der Waals surface area contributed by atoms with E-state index < -0.39 is 0 Å². The van der Waals surface area contributed by atoms with Crippen molar-refractivity contribution in [1.82, 2.24) is 9.55 Å². The molecule has 1 unspecified atom stereocenters. The van der Waals surface area contributed by atoms with E-state index in [-0.39, 0.29) is 18.1 Å². The van der Waals surface area contributed by atoms with Crippen molar-refractivity contribution in [3.8, 4) is 6.07 Å². The summed E-state index contributed by atoms with van der Waals surface area (Å²) in [7, 11) is 0. The van der Waals surface area contributed by atoms with E-state index in [4.69, 9.17) is 10.00 Å². The summed E-state index contributed by atoms with van der Waals surface area (Å²) in [4.78, 5) is 16.4. The number of aryl methyl sites for hydroxylation is 1. The van der Waals surface area contributed by atoms with Gasteiger partial charge in [-0.25, -0.2) is 9.78 Å². The Kier molecular flexibility index (Phi) is 4.16. The molecule has 1 atom stereocenters. The van der Waals surface area contributed by atoms with Crippen molar-refractivity contribution in [2.75, 3.05) is 0 Å². The van der Waals surface area contributed by atoms with E-state index >= 15 is 0 Å². The van der Waals surface area contributed by atoms with Crippen LogP contribution in [0.25, 0.3) is 0 Å². The Hall–Kier alpha value is -2.61. The van der Waals surface area contributed by atoms with Gasteiger partial charge < -0.3 is 9.30 Å². The lowest BCUT2D eigenvalue weighted by molar-refractivity contribution is 0.0363. The standard InChI is InChI=1S/C18H19N3O2/c1-12(2)23-18(22)17-10-20-11-21(17)16-5-3-4-14-8-13(9-19)6-7-15(14)16/h6-8,10-12,16H,3-5H2,1-2H3. The summed E-state index contributed by atoms with van der Waals surface area (Å²) in [5, 5.41) is 9.06. The second-order valence-electron chi connectivity index (χ2n) is 6.07. The monoisotopic (exact) mass is 309 g/mol. The van der Waals surface area contributed by atoms with Crippen molar-refractivity contribution in [1.29, 1.82) is 5.26 Å². The van der Waals surface area contributed by atoms with Gasteiger partial charge in [-0.15, -0.1) is 0 Å². The molecule has 1 heterocycles. The lowest BCUT2D eigenvalue weighted by Crippen LogP contribution is -2.22. The van der Waals surface area contributed by atoms with E-state index in [0.717, 1.165) is 24.8 Å². The van der Waals surface area contributed by atoms with Gasteiger partial charge in [-0.2, -0.15) is 5.26 Å². The van der Waals surface area contributed by atoms with E-state index in [1.807, 2.05) is 36.6 Å². The molecule has 3 rings (SSSR count). The van der Waals surface area contributed by atoms with Crippen molar-refractivity contribution < 1.29 is 9.53 Å². The van der Waals surface area contributed by atoms with Crippen LogP contribution in [-0.2, 0) is 11.2 Å². The van der Waals surface area contributed by atoms with E-state index in [2.05, 4.69) is 11.1 Å². The summed E-state index contributed by atoms with van der Waals surface area (Å²) in [6.07, 6.45) is 6.00. The van der Waals surface area contributed by atoms with Gasteiger partial charge in [-0.05, 0) is 56.4 Å². The fraction of sp³-hybridized carbons (Fsp3) is 0.389. The van der Waals surface area contributed by atoms with E-state index in [0.29, 0.717) is 11.3 Å². The highest BCUT2D eigenvalue weighted by Crippen LogP contribution is 2.34. The lowest BCUT2D eigenvalue weighted by Gasteiger charge is -2.28. The van der Waals surface area contributed by atoms with Gasteiger partial charge in [0.2, 0.25) is 0 Å². The molecule has 23 heavy (non-hydrogen) atoms. The lowest BCUT2D eigenvalue weighted by atomic mass is 9.86. The van der Waals surface area contributed by atoms with Crippen LogP contribution < -0.4 is 0 Å². The summed E-state index contributed by atoms with van der Waals surface area (Å²) in [6, 6.07) is 8.02. The molecular formula is C18H19N3O2. The van der Waals surface area contributed by atoms with Gasteiger partial charge in [0, 0.05) is 0 Å². The first kappa shape index (κ1) is 15.3. The summed E-state index contributed by atoms with van der Waals surface area (Å²) < 4.78 is 7.21. The van der Waals surface area contributed by atoms with E-state index in [1.54, 1.807) is 12.5 Å². The molecule has 0 saturated carbocycles. The number of fused-ring (bicyclic) bond motifs is 1. The smallest absolute Gasteiger partial charge is 0.356 e. The van der Waals surface area contributed by atoms with E-state index in [1.165, 1.54) is 5.56 Å². The fourth-order valence-electron chi connectivity index (χ4n) is 3.13. The van der Waals surface area contributed by atoms with Crippen LogP contribution in [-0.4, -0.2) is 21.6 Å². The maximum Gasteiger partial charge on any atom is 0.356 e. The number of ether oxygens (including phenoxy) is 1. The minimum Gasteiger partial charge on any atom is -0.458 e. The zero-order valence-corrected chi connectivity index (χ0v) is 13.3. The van der Waals surface area contributed by atoms with E-state index in [9.17, 15) is 4.79 Å². The third kappa shape index (κ3) is 2.98. The van der Waals surface area contributed by atoms with Gasteiger partial charge >= 0.3 is 5.97 Å². The predicted octanol–water partition coefficient (Wildman–Crippen LogP) is 3.25. The molecule has 0 fully saturated rings. The molecular weight excluding hydrogens is 290 g/mol. The summed E-state index contributed by atoms with van der Waals surface area (Å²) >= 11 is 0. The number of carbonyl (C=O) groups excluding carboxylic acids is 1. The van der Waals surface area contributed by atoms with Crippen molar-refractivity contribution in [2.24, 2.45) is 0 Å². The molecule has 1 aromatic carbocycles. The molecule has 2 aromatic rings. The highest BCUT2D eigenvalue weighted by atomic mass is 16.5.